The molecular weight excluding hydrogens is 416 g/mol. The van der Waals surface area contributed by atoms with Gasteiger partial charge in [0.1, 0.15) is 5.75 Å². The molecule has 0 unspecified atom stereocenters. The van der Waals surface area contributed by atoms with E-state index in [1.807, 2.05) is 0 Å². The Morgan fingerprint density at radius 2 is 1.61 bits per heavy atom. The number of ether oxygens (including phenoxy) is 1. The van der Waals surface area contributed by atoms with Crippen molar-refractivity contribution in [1.82, 2.24) is 4.90 Å². The minimum absolute atomic E-state index is 0.0933. The maximum Gasteiger partial charge on any atom is 0.262 e. The van der Waals surface area contributed by atoms with E-state index in [0.29, 0.717) is 22.6 Å². The van der Waals surface area contributed by atoms with Crippen LogP contribution in [0.3, 0.4) is 0 Å². The average molecular weight is 443 g/mol. The lowest BCUT2D eigenvalue weighted by molar-refractivity contribution is -0.140. The Morgan fingerprint density at radius 3 is 2.19 bits per heavy atom. The van der Waals surface area contributed by atoms with Crippen LogP contribution in [0.1, 0.15) is 36.8 Å². The first kappa shape index (κ1) is 21.4. The minimum Gasteiger partial charge on any atom is -0.497 e. The Kier molecular flexibility index (Phi) is 5.75. The number of carbonyl (C=O) groups is 2. The lowest BCUT2D eigenvalue weighted by atomic mass is 9.81. The van der Waals surface area contributed by atoms with Crippen molar-refractivity contribution in [2.24, 2.45) is 11.8 Å². The molecule has 1 heterocycles. The fourth-order valence-electron chi connectivity index (χ4n) is 4.47. The van der Waals surface area contributed by atoms with Gasteiger partial charge in [0.25, 0.3) is 10.0 Å². The van der Waals surface area contributed by atoms with E-state index in [4.69, 9.17) is 4.74 Å². The fraction of sp³-hybridized carbons (Fsp3) is 0.391. The summed E-state index contributed by atoms with van der Waals surface area (Å²) < 4.78 is 33.7. The van der Waals surface area contributed by atoms with Crippen LogP contribution in [0, 0.1) is 18.8 Å². The Hall–Kier alpha value is -2.87. The first-order valence-corrected chi connectivity index (χ1v) is 11.9. The van der Waals surface area contributed by atoms with E-state index in [-0.39, 0.29) is 35.1 Å². The largest absolute Gasteiger partial charge is 0.497 e. The number of amides is 2. The molecule has 1 N–H and O–H groups in total. The van der Waals surface area contributed by atoms with Gasteiger partial charge in [0, 0.05) is 5.69 Å². The molecule has 2 aromatic carbocycles. The number of fused-ring (bicyclic) bond motifs is 1. The number of hydrogen-bond acceptors (Lipinski definition) is 5. The van der Waals surface area contributed by atoms with Crippen molar-refractivity contribution >= 4 is 27.5 Å². The van der Waals surface area contributed by atoms with Crippen LogP contribution >= 0.6 is 0 Å². The van der Waals surface area contributed by atoms with Crippen LogP contribution in [-0.2, 0) is 26.2 Å². The standard InChI is InChI=1S/C23H26N2O5S/c1-15-7-8-16(14-25-22(26)19-5-3-4-6-20(19)23(25)27)13-21(15)31(28,29)24-17-9-11-18(30-2)12-10-17/h7-13,19-20,24H,3-6,14H2,1-2H3/t19-,20-/m0/s1. The number of aryl methyl sites for hydroxylation is 1. The molecular formula is C23H26N2O5S. The third-order valence-electron chi connectivity index (χ3n) is 6.16. The smallest absolute Gasteiger partial charge is 0.262 e. The molecule has 0 radical (unpaired) electrons. The number of carbonyl (C=O) groups excluding carboxylic acids is 2. The lowest BCUT2D eigenvalue weighted by Crippen LogP contribution is -2.30. The van der Waals surface area contributed by atoms with E-state index in [2.05, 4.69) is 4.72 Å². The molecule has 1 saturated heterocycles. The normalized spacial score (nSPS) is 21.2. The fourth-order valence-corrected chi connectivity index (χ4v) is 5.83. The van der Waals surface area contributed by atoms with Gasteiger partial charge in [0.05, 0.1) is 30.4 Å². The summed E-state index contributed by atoms with van der Waals surface area (Å²) in [6.07, 6.45) is 3.45. The molecule has 1 saturated carbocycles. The summed E-state index contributed by atoms with van der Waals surface area (Å²) >= 11 is 0. The summed E-state index contributed by atoms with van der Waals surface area (Å²) in [6.45, 7) is 1.81. The Bertz CT molecular complexity index is 1090. The molecule has 31 heavy (non-hydrogen) atoms. The molecule has 2 aromatic rings. The molecule has 7 nitrogen and oxygen atoms in total. The number of methoxy groups -OCH3 is 1. The Labute approximate surface area is 182 Å². The second kappa shape index (κ2) is 8.34. The number of nitrogens with zero attached hydrogens (tertiary/aromatic N) is 1. The van der Waals surface area contributed by atoms with Crippen molar-refractivity contribution < 1.29 is 22.7 Å². The van der Waals surface area contributed by atoms with Gasteiger partial charge in [-0.3, -0.25) is 19.2 Å². The summed E-state index contributed by atoms with van der Waals surface area (Å²) in [7, 11) is -2.31. The number of imide groups is 1. The summed E-state index contributed by atoms with van der Waals surface area (Å²) in [4.78, 5) is 26.9. The van der Waals surface area contributed by atoms with Gasteiger partial charge in [0.15, 0.2) is 0 Å². The van der Waals surface area contributed by atoms with Crippen LogP contribution in [0.5, 0.6) is 5.75 Å². The Morgan fingerprint density at radius 1 is 1.00 bits per heavy atom. The molecule has 164 valence electrons. The average Bonchev–Trinajstić information content (AvgIpc) is 3.00. The third kappa shape index (κ3) is 4.17. The monoisotopic (exact) mass is 442 g/mol. The minimum atomic E-state index is -3.85. The highest BCUT2D eigenvalue weighted by Gasteiger charge is 2.47. The van der Waals surface area contributed by atoms with Crippen LogP contribution in [0.25, 0.3) is 0 Å². The summed E-state index contributed by atoms with van der Waals surface area (Å²) in [5.74, 6) is -0.0630. The molecule has 2 amide bonds. The molecule has 2 aliphatic rings. The van der Waals surface area contributed by atoms with Gasteiger partial charge in [-0.05, 0) is 61.2 Å². The molecule has 0 spiro atoms. The molecule has 2 fully saturated rings. The highest BCUT2D eigenvalue weighted by molar-refractivity contribution is 7.92. The number of rotatable bonds is 6. The molecule has 0 aromatic heterocycles. The topological polar surface area (TPSA) is 92.8 Å². The predicted octanol–water partition coefficient (Wildman–Crippen LogP) is 3.48. The van der Waals surface area contributed by atoms with Gasteiger partial charge in [-0.25, -0.2) is 8.42 Å². The predicted molar refractivity (Wildman–Crippen MR) is 116 cm³/mol. The number of anilines is 1. The number of nitrogens with one attached hydrogen (secondary N) is 1. The molecule has 1 aliphatic carbocycles. The van der Waals surface area contributed by atoms with Crippen molar-refractivity contribution in [3.8, 4) is 5.75 Å². The number of likely N-dealkylation sites (tertiary alicyclic amines) is 1. The van der Waals surface area contributed by atoms with Crippen molar-refractivity contribution in [2.45, 2.75) is 44.0 Å². The molecule has 0 bridgehead atoms. The van der Waals surface area contributed by atoms with Crippen LogP contribution in [0.2, 0.25) is 0 Å². The first-order chi connectivity index (χ1) is 14.8. The number of hydrogen-bond donors (Lipinski definition) is 1. The van der Waals surface area contributed by atoms with E-state index in [1.165, 1.54) is 4.90 Å². The summed E-state index contributed by atoms with van der Waals surface area (Å²) in [6, 6.07) is 11.6. The van der Waals surface area contributed by atoms with E-state index >= 15 is 0 Å². The second-order valence-electron chi connectivity index (χ2n) is 8.19. The van der Waals surface area contributed by atoms with Crippen LogP contribution in [0.15, 0.2) is 47.4 Å². The van der Waals surface area contributed by atoms with Crippen LogP contribution in [-0.4, -0.2) is 32.2 Å². The maximum absolute atomic E-state index is 13.0. The zero-order valence-corrected chi connectivity index (χ0v) is 18.4. The van der Waals surface area contributed by atoms with Crippen LogP contribution < -0.4 is 9.46 Å². The highest BCUT2D eigenvalue weighted by atomic mass is 32.2. The molecule has 8 heteroatoms. The van der Waals surface area contributed by atoms with Gasteiger partial charge >= 0.3 is 0 Å². The second-order valence-corrected chi connectivity index (χ2v) is 9.84. The van der Waals surface area contributed by atoms with E-state index < -0.39 is 10.0 Å². The molecule has 4 rings (SSSR count). The van der Waals surface area contributed by atoms with E-state index in [0.717, 1.165) is 25.7 Å². The zero-order chi connectivity index (χ0) is 22.2. The number of benzene rings is 2. The summed E-state index contributed by atoms with van der Waals surface area (Å²) in [5, 5.41) is 0. The summed E-state index contributed by atoms with van der Waals surface area (Å²) in [5.41, 5.74) is 1.61. The van der Waals surface area contributed by atoms with Crippen molar-refractivity contribution in [3.05, 3.63) is 53.6 Å². The SMILES string of the molecule is COc1ccc(NS(=O)(=O)c2cc(CN3C(=O)[C@H]4CCCC[C@@H]4C3=O)ccc2C)cc1. The van der Waals surface area contributed by atoms with E-state index in [1.54, 1.807) is 56.5 Å². The van der Waals surface area contributed by atoms with Gasteiger partial charge < -0.3 is 4.74 Å². The Balaban J connectivity index is 1.56. The zero-order valence-electron chi connectivity index (χ0n) is 17.6. The van der Waals surface area contributed by atoms with E-state index in [9.17, 15) is 18.0 Å². The first-order valence-electron chi connectivity index (χ1n) is 10.4. The van der Waals surface area contributed by atoms with Gasteiger partial charge in [0.2, 0.25) is 11.8 Å². The number of sulfonamides is 1. The quantitative estimate of drug-likeness (QED) is 0.692. The van der Waals surface area contributed by atoms with Gasteiger partial charge in [-0.1, -0.05) is 25.0 Å². The van der Waals surface area contributed by atoms with Gasteiger partial charge in [-0.2, -0.15) is 0 Å². The lowest BCUT2D eigenvalue weighted by Gasteiger charge is -2.19. The maximum atomic E-state index is 13.0. The van der Waals surface area contributed by atoms with Crippen molar-refractivity contribution in [2.75, 3.05) is 11.8 Å². The third-order valence-corrected chi connectivity index (χ3v) is 7.68. The molecule has 2 atom stereocenters. The van der Waals surface area contributed by atoms with Crippen molar-refractivity contribution in [3.63, 3.8) is 0 Å². The highest BCUT2D eigenvalue weighted by Crippen LogP contribution is 2.38. The molecule has 1 aliphatic heterocycles. The van der Waals surface area contributed by atoms with Gasteiger partial charge in [-0.15, -0.1) is 0 Å². The van der Waals surface area contributed by atoms with Crippen molar-refractivity contribution in [1.29, 1.82) is 0 Å². The van der Waals surface area contributed by atoms with Crippen LogP contribution in [0.4, 0.5) is 5.69 Å².